The summed E-state index contributed by atoms with van der Waals surface area (Å²) in [4.78, 5) is 0. The van der Waals surface area contributed by atoms with Gasteiger partial charge in [0.1, 0.15) is 11.6 Å². The van der Waals surface area contributed by atoms with Crippen LogP contribution in [0.4, 0.5) is 22.0 Å². The minimum Gasteiger partial charge on any atom is -0.206 e. The van der Waals surface area contributed by atoms with E-state index in [9.17, 15) is 22.0 Å². The molecule has 0 spiro atoms. The Morgan fingerprint density at radius 1 is 0.722 bits per heavy atom. The van der Waals surface area contributed by atoms with Crippen molar-refractivity contribution >= 4 is 0 Å². The van der Waals surface area contributed by atoms with Gasteiger partial charge in [0, 0.05) is 0 Å². The van der Waals surface area contributed by atoms with Crippen molar-refractivity contribution in [3.63, 3.8) is 0 Å². The van der Waals surface area contributed by atoms with E-state index in [2.05, 4.69) is 13.8 Å². The molecule has 2 aromatic carbocycles. The molecule has 0 amide bonds. The van der Waals surface area contributed by atoms with E-state index < -0.39 is 34.6 Å². The van der Waals surface area contributed by atoms with Gasteiger partial charge < -0.3 is 0 Å². The largest absolute Gasteiger partial charge is 0.206 e. The van der Waals surface area contributed by atoms with Gasteiger partial charge in [0.05, 0.1) is 5.56 Å². The summed E-state index contributed by atoms with van der Waals surface area (Å²) in [5.41, 5.74) is -0.276. The molecule has 198 valence electrons. The lowest BCUT2D eigenvalue weighted by Crippen LogP contribution is -2.23. The first-order chi connectivity index (χ1) is 17.3. The minimum absolute atomic E-state index is 0.0744. The zero-order valence-electron chi connectivity index (χ0n) is 21.6. The molecule has 0 bridgehead atoms. The van der Waals surface area contributed by atoms with Crippen LogP contribution < -0.4 is 0 Å². The standard InChI is InChI=1S/C31H39F5/c1-3-4-5-20-6-10-22(11-7-20)19(2)14-21-8-12-23(13-9-21)24-15-26(32)30(27(33)16-24)25-17-28(34)31(36)29(35)18-25/h15-23H,3-14H2,1-2H3. The molecule has 0 aromatic heterocycles. The predicted octanol–water partition coefficient (Wildman–Crippen LogP) is 10.3. The average Bonchev–Trinajstić information content (AvgIpc) is 2.86. The monoisotopic (exact) mass is 506 g/mol. The van der Waals surface area contributed by atoms with E-state index in [1.54, 1.807) is 0 Å². The van der Waals surface area contributed by atoms with Gasteiger partial charge in [-0.1, -0.05) is 46.0 Å². The fraction of sp³-hybridized carbons (Fsp3) is 0.613. The fourth-order valence-corrected chi connectivity index (χ4v) is 6.79. The molecule has 0 aliphatic heterocycles. The van der Waals surface area contributed by atoms with Crippen molar-refractivity contribution in [3.8, 4) is 11.1 Å². The SMILES string of the molecule is CCCCC1CCC(C(C)CC2CCC(c3cc(F)c(-c4cc(F)c(F)c(F)c4)c(F)c3)CC2)CC1. The first-order valence-corrected chi connectivity index (χ1v) is 13.9. The van der Waals surface area contributed by atoms with Crippen LogP contribution in [-0.4, -0.2) is 0 Å². The molecule has 36 heavy (non-hydrogen) atoms. The second-order valence-corrected chi connectivity index (χ2v) is 11.5. The summed E-state index contributed by atoms with van der Waals surface area (Å²) < 4.78 is 70.3. The maximum Gasteiger partial charge on any atom is 0.194 e. The van der Waals surface area contributed by atoms with Crippen LogP contribution in [-0.2, 0) is 0 Å². The molecule has 2 fully saturated rings. The molecular formula is C31H39F5. The Bertz CT molecular complexity index is 970. The number of halogens is 5. The third-order valence-corrected chi connectivity index (χ3v) is 9.02. The van der Waals surface area contributed by atoms with Crippen molar-refractivity contribution in [1.29, 1.82) is 0 Å². The lowest BCUT2D eigenvalue weighted by atomic mass is 9.70. The van der Waals surface area contributed by atoms with E-state index in [0.29, 0.717) is 23.6 Å². The molecule has 0 heterocycles. The smallest absolute Gasteiger partial charge is 0.194 e. The highest BCUT2D eigenvalue weighted by Crippen LogP contribution is 2.43. The third kappa shape index (κ3) is 6.31. The van der Waals surface area contributed by atoms with Gasteiger partial charge in [-0.15, -0.1) is 0 Å². The molecule has 2 aromatic rings. The van der Waals surface area contributed by atoms with Crippen molar-refractivity contribution in [3.05, 3.63) is 58.9 Å². The van der Waals surface area contributed by atoms with Crippen molar-refractivity contribution < 1.29 is 22.0 Å². The Kier molecular flexibility index (Phi) is 9.11. The summed E-state index contributed by atoms with van der Waals surface area (Å²) in [7, 11) is 0. The normalized spacial score (nSPS) is 25.6. The van der Waals surface area contributed by atoms with Crippen LogP contribution >= 0.6 is 0 Å². The molecule has 0 saturated heterocycles. The Morgan fingerprint density at radius 2 is 1.28 bits per heavy atom. The topological polar surface area (TPSA) is 0 Å². The van der Waals surface area contributed by atoms with Crippen LogP contribution in [0.3, 0.4) is 0 Å². The van der Waals surface area contributed by atoms with Gasteiger partial charge >= 0.3 is 0 Å². The van der Waals surface area contributed by atoms with Gasteiger partial charge in [0.2, 0.25) is 0 Å². The van der Waals surface area contributed by atoms with E-state index in [-0.39, 0.29) is 11.5 Å². The van der Waals surface area contributed by atoms with Crippen molar-refractivity contribution in [2.24, 2.45) is 23.7 Å². The van der Waals surface area contributed by atoms with Crippen LogP contribution in [0, 0.1) is 52.8 Å². The van der Waals surface area contributed by atoms with E-state index in [1.165, 1.54) is 63.5 Å². The molecule has 0 nitrogen and oxygen atoms in total. The van der Waals surface area contributed by atoms with E-state index >= 15 is 0 Å². The summed E-state index contributed by atoms with van der Waals surface area (Å²) in [5, 5.41) is 0. The molecule has 1 atom stereocenters. The first kappa shape index (κ1) is 27.1. The van der Waals surface area contributed by atoms with Crippen molar-refractivity contribution in [1.82, 2.24) is 0 Å². The number of hydrogen-bond donors (Lipinski definition) is 0. The minimum atomic E-state index is -1.65. The Morgan fingerprint density at radius 3 is 1.83 bits per heavy atom. The maximum atomic E-state index is 14.9. The second kappa shape index (κ2) is 12.1. The van der Waals surface area contributed by atoms with Gasteiger partial charge in [-0.25, -0.2) is 22.0 Å². The zero-order valence-corrected chi connectivity index (χ0v) is 21.6. The number of benzene rings is 2. The Labute approximate surface area is 212 Å². The molecule has 0 N–H and O–H groups in total. The van der Waals surface area contributed by atoms with Gasteiger partial charge in [-0.3, -0.25) is 0 Å². The summed E-state index contributed by atoms with van der Waals surface area (Å²) >= 11 is 0. The number of rotatable bonds is 8. The summed E-state index contributed by atoms with van der Waals surface area (Å²) in [6.45, 7) is 4.68. The molecule has 2 aliphatic rings. The first-order valence-electron chi connectivity index (χ1n) is 13.9. The highest BCUT2D eigenvalue weighted by molar-refractivity contribution is 5.65. The molecule has 2 aliphatic carbocycles. The summed E-state index contributed by atoms with van der Waals surface area (Å²) in [6, 6.07) is 3.82. The van der Waals surface area contributed by atoms with E-state index in [1.807, 2.05) is 0 Å². The van der Waals surface area contributed by atoms with E-state index in [4.69, 9.17) is 0 Å². The predicted molar refractivity (Wildman–Crippen MR) is 135 cm³/mol. The number of hydrogen-bond acceptors (Lipinski definition) is 0. The maximum absolute atomic E-state index is 14.9. The lowest BCUT2D eigenvalue weighted by molar-refractivity contribution is 0.169. The average molecular weight is 507 g/mol. The molecule has 1 unspecified atom stereocenters. The molecule has 2 saturated carbocycles. The van der Waals surface area contributed by atoms with Crippen LogP contribution in [0.5, 0.6) is 0 Å². The van der Waals surface area contributed by atoms with Crippen LogP contribution in [0.2, 0.25) is 0 Å². The highest BCUT2D eigenvalue weighted by atomic mass is 19.2. The summed E-state index contributed by atoms with van der Waals surface area (Å²) in [6.07, 6.45) is 14.6. The zero-order chi connectivity index (χ0) is 25.8. The number of unbranched alkanes of at least 4 members (excludes halogenated alkanes) is 1. The van der Waals surface area contributed by atoms with Crippen LogP contribution in [0.15, 0.2) is 24.3 Å². The quantitative estimate of drug-likeness (QED) is 0.247. The van der Waals surface area contributed by atoms with Crippen LogP contribution in [0.25, 0.3) is 11.1 Å². The lowest BCUT2D eigenvalue weighted by Gasteiger charge is -2.36. The third-order valence-electron chi connectivity index (χ3n) is 9.02. The van der Waals surface area contributed by atoms with E-state index in [0.717, 1.165) is 43.4 Å². The molecule has 4 rings (SSSR count). The van der Waals surface area contributed by atoms with Crippen LogP contribution in [0.1, 0.15) is 102 Å². The van der Waals surface area contributed by atoms with Crippen molar-refractivity contribution in [2.45, 2.75) is 96.8 Å². The summed E-state index contributed by atoms with van der Waals surface area (Å²) in [5.74, 6) is -3.12. The van der Waals surface area contributed by atoms with Gasteiger partial charge in [-0.2, -0.15) is 0 Å². The van der Waals surface area contributed by atoms with Gasteiger partial charge in [0.25, 0.3) is 0 Å². The Hall–Kier alpha value is -1.91. The van der Waals surface area contributed by atoms with Gasteiger partial charge in [-0.05, 0) is 110 Å². The second-order valence-electron chi connectivity index (χ2n) is 11.5. The molecule has 5 heteroatoms. The van der Waals surface area contributed by atoms with Gasteiger partial charge in [0.15, 0.2) is 17.5 Å². The van der Waals surface area contributed by atoms with Crippen molar-refractivity contribution in [2.75, 3.05) is 0 Å². The molecule has 0 radical (unpaired) electrons. The Balaban J connectivity index is 1.32. The molecular weight excluding hydrogens is 467 g/mol. The fourth-order valence-electron chi connectivity index (χ4n) is 6.79. The highest BCUT2D eigenvalue weighted by Gasteiger charge is 2.30.